The molecule has 0 aromatic carbocycles. The molecule has 2 heterocycles. The minimum atomic E-state index is -0.831. The number of nitrogens with zero attached hydrogens (tertiary/aromatic N) is 2. The number of hydrogen-bond donors (Lipinski definition) is 1. The van der Waals surface area contributed by atoms with Crippen LogP contribution in [0.4, 0.5) is 0 Å². The van der Waals surface area contributed by atoms with Gasteiger partial charge in [-0.25, -0.2) is 0 Å². The molecule has 5 heteroatoms. The van der Waals surface area contributed by atoms with Crippen LogP contribution < -0.4 is 0 Å². The Morgan fingerprint density at radius 2 is 2.00 bits per heavy atom. The van der Waals surface area contributed by atoms with Crippen molar-refractivity contribution in [1.82, 2.24) is 9.88 Å². The van der Waals surface area contributed by atoms with Gasteiger partial charge in [-0.15, -0.1) is 0 Å². The van der Waals surface area contributed by atoms with Crippen LogP contribution in [0, 0.1) is 11.8 Å². The highest BCUT2D eigenvalue weighted by Gasteiger charge is 2.37. The van der Waals surface area contributed by atoms with Crippen LogP contribution in [-0.4, -0.2) is 40.0 Å². The molecule has 2 atom stereocenters. The fourth-order valence-corrected chi connectivity index (χ4v) is 2.13. The summed E-state index contributed by atoms with van der Waals surface area (Å²) in [6.45, 7) is 2.65. The lowest BCUT2D eigenvalue weighted by Gasteiger charge is -2.15. The number of pyridine rings is 1. The summed E-state index contributed by atoms with van der Waals surface area (Å²) in [6.07, 6.45) is 3.11. The topological polar surface area (TPSA) is 70.5 Å². The van der Waals surface area contributed by atoms with Crippen molar-refractivity contribution in [3.63, 3.8) is 0 Å². The highest BCUT2D eigenvalue weighted by molar-refractivity contribution is 5.94. The molecule has 1 N–H and O–H groups in total. The Morgan fingerprint density at radius 1 is 1.35 bits per heavy atom. The van der Waals surface area contributed by atoms with E-state index in [0.29, 0.717) is 12.1 Å². The molecule has 17 heavy (non-hydrogen) atoms. The Balaban J connectivity index is 2.11. The zero-order chi connectivity index (χ0) is 12.4. The number of carboxylic acid groups (broad SMARTS) is 1. The molecule has 1 saturated heterocycles. The standard InChI is InChI=1S/C12H14N2O3/c1-8-6-14(7-10(8)12(16)17)11(15)9-2-4-13-5-3-9/h2-5,8,10H,6-7H2,1H3,(H,16,17)/t8-,10-/m1/s1. The summed E-state index contributed by atoms with van der Waals surface area (Å²) in [4.78, 5) is 28.5. The molecule has 1 aliphatic heterocycles. The van der Waals surface area contributed by atoms with Crippen molar-refractivity contribution >= 4 is 11.9 Å². The third-order valence-corrected chi connectivity index (χ3v) is 3.14. The number of rotatable bonds is 2. The second-order valence-corrected chi connectivity index (χ2v) is 4.37. The molecule has 5 nitrogen and oxygen atoms in total. The molecule has 0 radical (unpaired) electrons. The van der Waals surface area contributed by atoms with E-state index in [1.807, 2.05) is 6.92 Å². The van der Waals surface area contributed by atoms with Crippen LogP contribution in [0.5, 0.6) is 0 Å². The first-order valence-corrected chi connectivity index (χ1v) is 5.51. The van der Waals surface area contributed by atoms with E-state index in [-0.39, 0.29) is 18.4 Å². The van der Waals surface area contributed by atoms with E-state index < -0.39 is 11.9 Å². The van der Waals surface area contributed by atoms with Crippen LogP contribution >= 0.6 is 0 Å². The largest absolute Gasteiger partial charge is 0.481 e. The average molecular weight is 234 g/mol. The van der Waals surface area contributed by atoms with Crippen molar-refractivity contribution in [3.8, 4) is 0 Å². The van der Waals surface area contributed by atoms with Gasteiger partial charge in [-0.3, -0.25) is 14.6 Å². The maximum Gasteiger partial charge on any atom is 0.308 e. The third kappa shape index (κ3) is 2.27. The Kier molecular flexibility index (Phi) is 3.08. The summed E-state index contributed by atoms with van der Waals surface area (Å²) in [7, 11) is 0. The Bertz CT molecular complexity index is 433. The number of carbonyl (C=O) groups is 2. The maximum absolute atomic E-state index is 12.1. The number of carbonyl (C=O) groups excluding carboxylic acids is 1. The van der Waals surface area contributed by atoms with E-state index in [1.165, 1.54) is 0 Å². The van der Waals surface area contributed by atoms with Crippen LogP contribution in [0.2, 0.25) is 0 Å². The fraction of sp³-hybridized carbons (Fsp3) is 0.417. The predicted octanol–water partition coefficient (Wildman–Crippen LogP) is 0.874. The third-order valence-electron chi connectivity index (χ3n) is 3.14. The second-order valence-electron chi connectivity index (χ2n) is 4.37. The van der Waals surface area contributed by atoms with Gasteiger partial charge in [0, 0.05) is 31.0 Å². The molecule has 1 aromatic heterocycles. The minimum Gasteiger partial charge on any atom is -0.481 e. The van der Waals surface area contributed by atoms with E-state index in [0.717, 1.165) is 0 Å². The van der Waals surface area contributed by atoms with Crippen molar-refractivity contribution in [1.29, 1.82) is 0 Å². The zero-order valence-electron chi connectivity index (χ0n) is 9.54. The number of amides is 1. The molecule has 1 amide bonds. The number of likely N-dealkylation sites (tertiary alicyclic amines) is 1. The summed E-state index contributed by atoms with van der Waals surface area (Å²) in [5.41, 5.74) is 0.554. The van der Waals surface area contributed by atoms with Gasteiger partial charge >= 0.3 is 5.97 Å². The van der Waals surface area contributed by atoms with Crippen molar-refractivity contribution < 1.29 is 14.7 Å². The predicted molar refractivity (Wildman–Crippen MR) is 60.4 cm³/mol. The Morgan fingerprint density at radius 3 is 2.53 bits per heavy atom. The summed E-state index contributed by atoms with van der Waals surface area (Å²) in [5, 5.41) is 9.01. The van der Waals surface area contributed by atoms with Gasteiger partial charge < -0.3 is 10.0 Å². The highest BCUT2D eigenvalue weighted by atomic mass is 16.4. The maximum atomic E-state index is 12.1. The highest BCUT2D eigenvalue weighted by Crippen LogP contribution is 2.24. The SMILES string of the molecule is C[C@@H]1CN(C(=O)c2ccncc2)C[C@H]1C(=O)O. The smallest absolute Gasteiger partial charge is 0.308 e. The molecular weight excluding hydrogens is 220 g/mol. The summed E-state index contributed by atoms with van der Waals surface area (Å²) >= 11 is 0. The molecule has 2 rings (SSSR count). The molecule has 0 unspecified atom stereocenters. The lowest BCUT2D eigenvalue weighted by molar-refractivity contribution is -0.142. The normalized spacial score (nSPS) is 23.7. The van der Waals surface area contributed by atoms with Gasteiger partial charge in [0.05, 0.1) is 5.92 Å². The van der Waals surface area contributed by atoms with E-state index in [2.05, 4.69) is 4.98 Å². The van der Waals surface area contributed by atoms with E-state index >= 15 is 0 Å². The summed E-state index contributed by atoms with van der Waals surface area (Å²) < 4.78 is 0. The van der Waals surface area contributed by atoms with Crippen molar-refractivity contribution in [2.24, 2.45) is 11.8 Å². The van der Waals surface area contributed by atoms with Crippen LogP contribution in [0.15, 0.2) is 24.5 Å². The number of carboxylic acids is 1. The first kappa shape index (κ1) is 11.6. The van der Waals surface area contributed by atoms with Gasteiger partial charge in [-0.05, 0) is 18.1 Å². The van der Waals surface area contributed by atoms with Gasteiger partial charge in [0.15, 0.2) is 0 Å². The lowest BCUT2D eigenvalue weighted by atomic mass is 9.99. The van der Waals surface area contributed by atoms with Crippen LogP contribution in [0.25, 0.3) is 0 Å². The molecule has 0 aliphatic carbocycles. The van der Waals surface area contributed by atoms with Crippen molar-refractivity contribution in [3.05, 3.63) is 30.1 Å². The molecule has 1 fully saturated rings. The second kappa shape index (κ2) is 4.53. The summed E-state index contributed by atoms with van der Waals surface area (Å²) in [5.74, 6) is -1.41. The van der Waals surface area contributed by atoms with E-state index in [4.69, 9.17) is 5.11 Å². The molecule has 1 aromatic rings. The molecule has 0 spiro atoms. The number of aromatic nitrogens is 1. The van der Waals surface area contributed by atoms with E-state index in [9.17, 15) is 9.59 Å². The van der Waals surface area contributed by atoms with Gasteiger partial charge in [0.2, 0.25) is 0 Å². The molecule has 0 saturated carbocycles. The lowest BCUT2D eigenvalue weighted by Crippen LogP contribution is -2.29. The summed E-state index contributed by atoms with van der Waals surface area (Å²) in [6, 6.07) is 3.28. The van der Waals surface area contributed by atoms with Crippen LogP contribution in [0.1, 0.15) is 17.3 Å². The van der Waals surface area contributed by atoms with Crippen LogP contribution in [0.3, 0.4) is 0 Å². The molecule has 90 valence electrons. The number of aliphatic carboxylic acids is 1. The Labute approximate surface area is 99.1 Å². The molecule has 0 bridgehead atoms. The minimum absolute atomic E-state index is 0.00159. The van der Waals surface area contributed by atoms with E-state index in [1.54, 1.807) is 29.4 Å². The van der Waals surface area contributed by atoms with Crippen molar-refractivity contribution in [2.45, 2.75) is 6.92 Å². The molecular formula is C12H14N2O3. The quantitative estimate of drug-likeness (QED) is 0.824. The van der Waals surface area contributed by atoms with Gasteiger partial charge in [-0.2, -0.15) is 0 Å². The monoisotopic (exact) mass is 234 g/mol. The molecule has 1 aliphatic rings. The average Bonchev–Trinajstić information content (AvgIpc) is 2.71. The van der Waals surface area contributed by atoms with Gasteiger partial charge in [0.25, 0.3) is 5.91 Å². The first-order valence-electron chi connectivity index (χ1n) is 5.51. The first-order chi connectivity index (χ1) is 8.09. The van der Waals surface area contributed by atoms with Gasteiger partial charge in [0.1, 0.15) is 0 Å². The van der Waals surface area contributed by atoms with Crippen molar-refractivity contribution in [2.75, 3.05) is 13.1 Å². The fourth-order valence-electron chi connectivity index (χ4n) is 2.13. The zero-order valence-corrected chi connectivity index (χ0v) is 9.54. The number of hydrogen-bond acceptors (Lipinski definition) is 3. The Hall–Kier alpha value is -1.91. The van der Waals surface area contributed by atoms with Gasteiger partial charge in [-0.1, -0.05) is 6.92 Å². The van der Waals surface area contributed by atoms with Crippen LogP contribution in [-0.2, 0) is 4.79 Å².